The Morgan fingerprint density at radius 1 is 1.11 bits per heavy atom. The van der Waals surface area contributed by atoms with Crippen LogP contribution in [0.3, 0.4) is 0 Å². The first-order valence-corrected chi connectivity index (χ1v) is 17.1. The number of methoxy groups -OCH3 is 1. The van der Waals surface area contributed by atoms with Crippen LogP contribution in [-0.4, -0.2) is 82.7 Å². The summed E-state index contributed by atoms with van der Waals surface area (Å²) in [5.74, 6) is 2.50. The Morgan fingerprint density at radius 2 is 1.87 bits per heavy atom. The van der Waals surface area contributed by atoms with E-state index in [1.807, 2.05) is 6.92 Å². The molecular formula is C36H58FN3O6. The van der Waals surface area contributed by atoms with E-state index in [9.17, 15) is 18.8 Å². The molecule has 2 aliphatic heterocycles. The third-order valence-corrected chi connectivity index (χ3v) is 9.55. The van der Waals surface area contributed by atoms with Crippen molar-refractivity contribution < 1.29 is 32.7 Å². The standard InChI is InChI=1S/C12H23N.C10H7NO3.C9H18FNO.C5H10O2/c1-10-12(8-9-13(10)2)11-6-4-3-5-7-11;12-5-9-4-7-3-8(11-6-13)1-2-10(7)14-9;1-2-8(7-12)4-3-5-9(11)6-10;1-6-5-2-3-7-4-5/h10-12H,3-9H2,1-2H3;1-6H,(H,11,13);7-9H,2-6,11H2,1H3;5H,2-4H2,1H3. The molecule has 1 aromatic carbocycles. The van der Waals surface area contributed by atoms with Gasteiger partial charge < -0.3 is 34.6 Å². The van der Waals surface area contributed by atoms with E-state index >= 15 is 0 Å². The zero-order valence-electron chi connectivity index (χ0n) is 28.5. The summed E-state index contributed by atoms with van der Waals surface area (Å²) in [5.41, 5.74) is 6.68. The Kier molecular flexibility index (Phi) is 19.6. The average molecular weight is 648 g/mol. The van der Waals surface area contributed by atoms with Crippen LogP contribution in [0.5, 0.6) is 0 Å². The van der Waals surface area contributed by atoms with Crippen molar-refractivity contribution in [3.05, 3.63) is 30.0 Å². The highest BCUT2D eigenvalue weighted by Crippen LogP contribution is 2.37. The number of alkyl halides is 1. The molecule has 0 spiro atoms. The van der Waals surface area contributed by atoms with E-state index in [-0.39, 0.29) is 17.7 Å². The first-order chi connectivity index (χ1) is 22.3. The van der Waals surface area contributed by atoms with E-state index in [0.717, 1.165) is 68.4 Å². The monoisotopic (exact) mass is 647 g/mol. The van der Waals surface area contributed by atoms with Gasteiger partial charge in [-0.05, 0) is 88.7 Å². The average Bonchev–Trinajstić information content (AvgIpc) is 3.85. The first-order valence-electron chi connectivity index (χ1n) is 17.1. The van der Waals surface area contributed by atoms with Crippen LogP contribution in [0.4, 0.5) is 10.1 Å². The molecule has 260 valence electrons. The molecule has 3 aliphatic rings. The van der Waals surface area contributed by atoms with E-state index in [2.05, 4.69) is 24.2 Å². The number of carbonyl (C=O) groups excluding carboxylic acids is 3. The number of hydrogen-bond acceptors (Lipinski definition) is 8. The van der Waals surface area contributed by atoms with Gasteiger partial charge in [0, 0.05) is 42.8 Å². The Morgan fingerprint density at radius 3 is 2.39 bits per heavy atom. The molecule has 9 nitrogen and oxygen atoms in total. The lowest BCUT2D eigenvalue weighted by molar-refractivity contribution is -0.111. The van der Waals surface area contributed by atoms with E-state index in [4.69, 9.17) is 19.6 Å². The SMILES string of the molecule is CC1C(C2CCCCC2)CCN1C.CCC(C=O)CCCC(N)CF.COC1CCOC1.O=CNc1ccc2oc(C=O)cc2c1. The van der Waals surface area contributed by atoms with Crippen molar-refractivity contribution in [3.8, 4) is 0 Å². The molecule has 1 amide bonds. The van der Waals surface area contributed by atoms with Gasteiger partial charge >= 0.3 is 0 Å². The molecule has 1 aliphatic carbocycles. The number of amides is 1. The highest BCUT2D eigenvalue weighted by Gasteiger charge is 2.34. The summed E-state index contributed by atoms with van der Waals surface area (Å²) in [6, 6.07) is 7.28. The molecule has 3 heterocycles. The summed E-state index contributed by atoms with van der Waals surface area (Å²) in [5, 5.41) is 3.31. The number of anilines is 1. The zero-order valence-corrected chi connectivity index (χ0v) is 28.5. The van der Waals surface area contributed by atoms with Crippen molar-refractivity contribution in [2.24, 2.45) is 23.5 Å². The molecule has 5 unspecified atom stereocenters. The Hall–Kier alpha value is -2.66. The fourth-order valence-electron chi connectivity index (χ4n) is 6.38. The van der Waals surface area contributed by atoms with Crippen molar-refractivity contribution in [3.63, 3.8) is 0 Å². The number of furan rings is 1. The van der Waals surface area contributed by atoms with Crippen molar-refractivity contribution in [1.29, 1.82) is 0 Å². The molecule has 1 saturated carbocycles. The Balaban J connectivity index is 0.000000219. The van der Waals surface area contributed by atoms with Gasteiger partial charge in [0.1, 0.15) is 18.5 Å². The predicted octanol–water partition coefficient (Wildman–Crippen LogP) is 6.82. The van der Waals surface area contributed by atoms with Gasteiger partial charge in [-0.25, -0.2) is 4.39 Å². The highest BCUT2D eigenvalue weighted by molar-refractivity contribution is 5.88. The summed E-state index contributed by atoms with van der Waals surface area (Å²) < 4.78 is 27.1. The molecule has 5 atom stereocenters. The summed E-state index contributed by atoms with van der Waals surface area (Å²) >= 11 is 0. The van der Waals surface area contributed by atoms with E-state index in [1.54, 1.807) is 31.4 Å². The molecule has 46 heavy (non-hydrogen) atoms. The maximum Gasteiger partial charge on any atom is 0.211 e. The van der Waals surface area contributed by atoms with Crippen molar-refractivity contribution in [2.45, 2.75) is 103 Å². The van der Waals surface area contributed by atoms with Crippen LogP contribution < -0.4 is 11.1 Å². The van der Waals surface area contributed by atoms with E-state index in [0.29, 0.717) is 36.5 Å². The first kappa shape index (κ1) is 39.5. The van der Waals surface area contributed by atoms with Crippen LogP contribution in [0, 0.1) is 17.8 Å². The lowest BCUT2D eigenvalue weighted by Gasteiger charge is -2.31. The number of ether oxygens (including phenoxy) is 2. The number of nitrogens with two attached hydrogens (primary N) is 1. The lowest BCUT2D eigenvalue weighted by Crippen LogP contribution is -2.30. The van der Waals surface area contributed by atoms with E-state index < -0.39 is 6.67 Å². The van der Waals surface area contributed by atoms with Gasteiger partial charge in [-0.3, -0.25) is 9.59 Å². The third-order valence-electron chi connectivity index (χ3n) is 9.55. The Bertz CT molecular complexity index is 1120. The van der Waals surface area contributed by atoms with Crippen LogP contribution in [0.2, 0.25) is 0 Å². The second-order valence-corrected chi connectivity index (χ2v) is 12.7. The topological polar surface area (TPSA) is 124 Å². The summed E-state index contributed by atoms with van der Waals surface area (Å²) in [7, 11) is 4.01. The van der Waals surface area contributed by atoms with Crippen LogP contribution in [0.25, 0.3) is 11.0 Å². The fourth-order valence-corrected chi connectivity index (χ4v) is 6.38. The summed E-state index contributed by atoms with van der Waals surface area (Å²) in [4.78, 5) is 33.5. The number of nitrogens with zero attached hydrogens (tertiary/aromatic N) is 1. The number of hydrogen-bond donors (Lipinski definition) is 2. The van der Waals surface area contributed by atoms with E-state index in [1.165, 1.54) is 45.1 Å². The minimum atomic E-state index is -0.460. The van der Waals surface area contributed by atoms with Crippen molar-refractivity contribution in [2.75, 3.05) is 45.9 Å². The fraction of sp³-hybridized carbons (Fsp3) is 0.694. The number of rotatable bonds is 12. The minimum Gasteiger partial charge on any atom is -0.453 e. The summed E-state index contributed by atoms with van der Waals surface area (Å²) in [6.45, 7) is 6.94. The number of nitrogens with one attached hydrogen (secondary N) is 1. The van der Waals surface area contributed by atoms with Crippen LogP contribution in [0.15, 0.2) is 28.7 Å². The molecule has 2 aromatic rings. The highest BCUT2D eigenvalue weighted by atomic mass is 19.1. The molecule has 0 bridgehead atoms. The second kappa shape index (κ2) is 22.8. The largest absolute Gasteiger partial charge is 0.453 e. The number of benzene rings is 1. The summed E-state index contributed by atoms with van der Waals surface area (Å²) in [6.07, 6.45) is 15.9. The number of likely N-dealkylation sites (tertiary alicyclic amines) is 1. The normalized spacial score (nSPS) is 22.7. The smallest absolute Gasteiger partial charge is 0.211 e. The maximum atomic E-state index is 11.9. The van der Waals surface area contributed by atoms with Gasteiger partial charge in [0.05, 0.1) is 12.7 Å². The van der Waals surface area contributed by atoms with Gasteiger partial charge in [0.25, 0.3) is 0 Å². The molecule has 2 saturated heterocycles. The third kappa shape index (κ3) is 14.0. The number of fused-ring (bicyclic) bond motifs is 1. The van der Waals surface area contributed by atoms with Gasteiger partial charge in [-0.15, -0.1) is 0 Å². The van der Waals surface area contributed by atoms with Gasteiger partial charge in [0.15, 0.2) is 12.0 Å². The van der Waals surface area contributed by atoms with Gasteiger partial charge in [-0.2, -0.15) is 0 Å². The number of halogens is 1. The molecule has 0 radical (unpaired) electrons. The molecule has 3 N–H and O–H groups in total. The van der Waals surface area contributed by atoms with Crippen molar-refractivity contribution >= 4 is 35.6 Å². The molecule has 5 rings (SSSR count). The molecule has 3 fully saturated rings. The predicted molar refractivity (Wildman–Crippen MR) is 182 cm³/mol. The van der Waals surface area contributed by atoms with Crippen LogP contribution in [-0.2, 0) is 19.1 Å². The van der Waals surface area contributed by atoms with Crippen LogP contribution in [0.1, 0.15) is 95.0 Å². The maximum absolute atomic E-state index is 11.9. The molecule has 10 heteroatoms. The molecular weight excluding hydrogens is 589 g/mol. The zero-order chi connectivity index (χ0) is 33.7. The quantitative estimate of drug-likeness (QED) is 0.241. The minimum absolute atomic E-state index is 0.136. The number of aldehydes is 2. The van der Waals surface area contributed by atoms with Gasteiger partial charge in [-0.1, -0.05) is 45.4 Å². The molecule has 1 aromatic heterocycles. The Labute approximate surface area is 275 Å². The second-order valence-electron chi connectivity index (χ2n) is 12.7. The lowest BCUT2D eigenvalue weighted by atomic mass is 9.77. The number of carbonyl (C=O) groups is 3. The van der Waals surface area contributed by atoms with Crippen LogP contribution >= 0.6 is 0 Å². The van der Waals surface area contributed by atoms with Crippen molar-refractivity contribution in [1.82, 2.24) is 4.90 Å². The van der Waals surface area contributed by atoms with Gasteiger partial charge in [0.2, 0.25) is 6.41 Å².